The molecule has 1 aromatic heterocycles. The summed E-state index contributed by atoms with van der Waals surface area (Å²) in [6.45, 7) is 1.68. The number of non-ortho nitro benzene ring substituents is 1. The maximum absolute atomic E-state index is 10.5. The largest absolute Gasteiger partial charge is 0.271 e. The Kier molecular flexibility index (Phi) is 2.24. The number of fused-ring (bicyclic) bond motifs is 1. The minimum Gasteiger partial charge on any atom is -0.258 e. The summed E-state index contributed by atoms with van der Waals surface area (Å²) in [7, 11) is 0. The normalized spacial score (nSPS) is 10.5. The minimum absolute atomic E-state index is 0.00309. The molecule has 0 radical (unpaired) electrons. The van der Waals surface area contributed by atoms with Gasteiger partial charge in [-0.3, -0.25) is 10.1 Å². The van der Waals surface area contributed by atoms with Crippen molar-refractivity contribution in [2.45, 2.75) is 6.92 Å². The number of aromatic nitrogens is 2. The van der Waals surface area contributed by atoms with Gasteiger partial charge in [0, 0.05) is 17.5 Å². The fourth-order valence-corrected chi connectivity index (χ4v) is 1.58. The second kappa shape index (κ2) is 3.43. The topological polar surface area (TPSA) is 68.9 Å². The molecule has 0 aliphatic rings. The third-order valence-electron chi connectivity index (χ3n) is 1.96. The molecule has 1 heterocycles. The quantitative estimate of drug-likeness (QED) is 0.423. The number of nitro groups is 1. The summed E-state index contributed by atoms with van der Waals surface area (Å²) in [5, 5.41) is 11.5. The molecule has 0 amide bonds. The Bertz CT molecular complexity index is 556. The Labute approximate surface area is 89.9 Å². The second-order valence-electron chi connectivity index (χ2n) is 3.02. The Morgan fingerprint density at radius 2 is 2.13 bits per heavy atom. The summed E-state index contributed by atoms with van der Waals surface area (Å²) >= 11 is 5.87. The monoisotopic (exact) mass is 223 g/mol. The maximum Gasteiger partial charge on any atom is 0.271 e. The van der Waals surface area contributed by atoms with Crippen molar-refractivity contribution in [3.8, 4) is 0 Å². The lowest BCUT2D eigenvalue weighted by molar-refractivity contribution is -0.384. The van der Waals surface area contributed by atoms with Crippen LogP contribution in [0.4, 0.5) is 5.69 Å². The van der Waals surface area contributed by atoms with Crippen molar-refractivity contribution < 1.29 is 4.92 Å². The van der Waals surface area contributed by atoms with E-state index < -0.39 is 4.92 Å². The summed E-state index contributed by atoms with van der Waals surface area (Å²) in [6.07, 6.45) is 0. The highest BCUT2D eigenvalue weighted by atomic mass is 35.5. The molecule has 1 aromatic carbocycles. The van der Waals surface area contributed by atoms with Crippen molar-refractivity contribution in [1.29, 1.82) is 0 Å². The van der Waals surface area contributed by atoms with E-state index in [0.29, 0.717) is 21.9 Å². The van der Waals surface area contributed by atoms with E-state index in [2.05, 4.69) is 9.97 Å². The van der Waals surface area contributed by atoms with Crippen LogP contribution in [0, 0.1) is 17.0 Å². The van der Waals surface area contributed by atoms with Gasteiger partial charge in [-0.2, -0.15) is 0 Å². The predicted octanol–water partition coefficient (Wildman–Crippen LogP) is 2.50. The molecular formula is C9H6ClN3O2. The smallest absolute Gasteiger partial charge is 0.258 e. The zero-order valence-electron chi connectivity index (χ0n) is 7.77. The van der Waals surface area contributed by atoms with Gasteiger partial charge in [0.05, 0.1) is 10.4 Å². The van der Waals surface area contributed by atoms with Crippen LogP contribution < -0.4 is 0 Å². The van der Waals surface area contributed by atoms with Crippen LogP contribution >= 0.6 is 11.6 Å². The predicted molar refractivity (Wildman–Crippen MR) is 55.9 cm³/mol. The van der Waals surface area contributed by atoms with Crippen molar-refractivity contribution in [1.82, 2.24) is 9.97 Å². The minimum atomic E-state index is -0.467. The highest BCUT2D eigenvalue weighted by Crippen LogP contribution is 2.24. The van der Waals surface area contributed by atoms with E-state index in [9.17, 15) is 10.1 Å². The van der Waals surface area contributed by atoms with Crippen molar-refractivity contribution in [3.05, 3.63) is 39.3 Å². The number of hydrogen-bond acceptors (Lipinski definition) is 4. The summed E-state index contributed by atoms with van der Waals surface area (Å²) in [5.74, 6) is 0.494. The molecule has 0 fully saturated rings. The summed E-state index contributed by atoms with van der Waals surface area (Å²) in [4.78, 5) is 18.1. The second-order valence-corrected chi connectivity index (χ2v) is 3.38. The summed E-state index contributed by atoms with van der Waals surface area (Å²) in [5.41, 5.74) is 0.485. The first-order chi connectivity index (χ1) is 7.08. The molecule has 0 unspecified atom stereocenters. The number of rotatable bonds is 1. The number of halogens is 1. The van der Waals surface area contributed by atoms with E-state index in [4.69, 9.17) is 11.6 Å². The van der Waals surface area contributed by atoms with Crippen LogP contribution in [0.5, 0.6) is 0 Å². The van der Waals surface area contributed by atoms with Crippen molar-refractivity contribution in [2.75, 3.05) is 0 Å². The molecule has 5 nitrogen and oxygen atoms in total. The lowest BCUT2D eigenvalue weighted by Crippen LogP contribution is -1.92. The zero-order valence-corrected chi connectivity index (χ0v) is 8.52. The van der Waals surface area contributed by atoms with E-state index in [-0.39, 0.29) is 5.69 Å². The average Bonchev–Trinajstić information content (AvgIpc) is 2.16. The van der Waals surface area contributed by atoms with E-state index in [1.54, 1.807) is 13.0 Å². The Morgan fingerprint density at radius 1 is 1.40 bits per heavy atom. The molecule has 15 heavy (non-hydrogen) atoms. The van der Waals surface area contributed by atoms with Crippen LogP contribution in [0.3, 0.4) is 0 Å². The molecule has 0 saturated carbocycles. The van der Waals surface area contributed by atoms with Gasteiger partial charge in [-0.1, -0.05) is 11.6 Å². The lowest BCUT2D eigenvalue weighted by Gasteiger charge is -2.00. The van der Waals surface area contributed by atoms with Crippen molar-refractivity contribution in [3.63, 3.8) is 0 Å². The van der Waals surface area contributed by atoms with Crippen molar-refractivity contribution in [2.24, 2.45) is 0 Å². The van der Waals surface area contributed by atoms with Crippen LogP contribution in [0.1, 0.15) is 5.82 Å². The standard InChI is InChI=1S/C9H6ClN3O2/c1-5-11-8-4-6(13(14)15)2-3-7(8)9(10)12-5/h2-4H,1H3. The van der Waals surface area contributed by atoms with Gasteiger partial charge in [0.15, 0.2) is 0 Å². The van der Waals surface area contributed by atoms with Gasteiger partial charge in [0.25, 0.3) is 5.69 Å². The number of benzene rings is 1. The first kappa shape index (κ1) is 9.79. The van der Waals surface area contributed by atoms with Crippen LogP contribution in [0.25, 0.3) is 10.9 Å². The number of nitrogens with zero attached hydrogens (tertiary/aromatic N) is 3. The van der Waals surface area contributed by atoms with Crippen molar-refractivity contribution >= 4 is 28.2 Å². The van der Waals surface area contributed by atoms with E-state index in [1.165, 1.54) is 12.1 Å². The SMILES string of the molecule is Cc1nc(Cl)c2ccc([N+](=O)[O-])cc2n1. The molecule has 0 saturated heterocycles. The van der Waals surface area contributed by atoms with E-state index >= 15 is 0 Å². The van der Waals surface area contributed by atoms with Crippen LogP contribution in [0.2, 0.25) is 5.15 Å². The molecule has 0 bridgehead atoms. The first-order valence-corrected chi connectivity index (χ1v) is 4.54. The summed E-state index contributed by atoms with van der Waals surface area (Å²) in [6, 6.07) is 4.32. The molecule has 0 N–H and O–H groups in total. The van der Waals surface area contributed by atoms with Gasteiger partial charge in [-0.15, -0.1) is 0 Å². The van der Waals surface area contributed by atoms with Crippen LogP contribution in [-0.2, 0) is 0 Å². The van der Waals surface area contributed by atoms with Gasteiger partial charge >= 0.3 is 0 Å². The fraction of sp³-hybridized carbons (Fsp3) is 0.111. The molecule has 0 atom stereocenters. The van der Waals surface area contributed by atoms with Crippen LogP contribution in [0.15, 0.2) is 18.2 Å². The number of aryl methyl sites for hydroxylation is 1. The molecule has 2 rings (SSSR count). The Morgan fingerprint density at radius 3 is 2.80 bits per heavy atom. The van der Waals surface area contributed by atoms with Gasteiger partial charge in [0.2, 0.25) is 0 Å². The first-order valence-electron chi connectivity index (χ1n) is 4.16. The molecule has 6 heteroatoms. The molecule has 0 spiro atoms. The van der Waals surface area contributed by atoms with Gasteiger partial charge in [0.1, 0.15) is 11.0 Å². The summed E-state index contributed by atoms with van der Waals surface area (Å²) < 4.78 is 0. The van der Waals surface area contributed by atoms with Gasteiger partial charge < -0.3 is 0 Å². The third kappa shape index (κ3) is 1.73. The molecule has 0 aliphatic carbocycles. The Hall–Kier alpha value is -1.75. The molecule has 0 aliphatic heterocycles. The molecule has 2 aromatic rings. The molecular weight excluding hydrogens is 218 g/mol. The fourth-order valence-electron chi connectivity index (χ4n) is 1.30. The Balaban J connectivity index is 2.76. The third-order valence-corrected chi connectivity index (χ3v) is 2.24. The van der Waals surface area contributed by atoms with Gasteiger partial charge in [-0.25, -0.2) is 9.97 Å². The van der Waals surface area contributed by atoms with E-state index in [1.807, 2.05) is 0 Å². The molecule has 76 valence electrons. The number of nitro benzene ring substituents is 1. The zero-order chi connectivity index (χ0) is 11.0. The van der Waals surface area contributed by atoms with E-state index in [0.717, 1.165) is 0 Å². The number of hydrogen-bond donors (Lipinski definition) is 0. The van der Waals surface area contributed by atoms with Crippen LogP contribution in [-0.4, -0.2) is 14.9 Å². The average molecular weight is 224 g/mol. The highest BCUT2D eigenvalue weighted by molar-refractivity contribution is 6.34. The maximum atomic E-state index is 10.5. The lowest BCUT2D eigenvalue weighted by atomic mass is 10.2. The van der Waals surface area contributed by atoms with Gasteiger partial charge in [-0.05, 0) is 13.0 Å². The highest BCUT2D eigenvalue weighted by Gasteiger charge is 2.09.